The second-order valence-electron chi connectivity index (χ2n) is 5.13. The standard InChI is InChI=1S/C13H26N2O2.ClH/c1-11(2)15(8-6-13(16)17-3)10-12-5-4-7-14-9-12;/h11-12,14H,4-10H2,1-3H3;1H. The van der Waals surface area contributed by atoms with E-state index in [0.717, 1.165) is 32.1 Å². The molecule has 18 heavy (non-hydrogen) atoms. The van der Waals surface area contributed by atoms with Gasteiger partial charge in [0, 0.05) is 19.1 Å². The first-order valence-corrected chi connectivity index (χ1v) is 6.65. The third kappa shape index (κ3) is 6.57. The highest BCUT2D eigenvalue weighted by Crippen LogP contribution is 2.13. The first kappa shape index (κ1) is 17.7. The number of piperidine rings is 1. The second kappa shape index (κ2) is 9.59. The van der Waals surface area contributed by atoms with Crippen molar-refractivity contribution in [2.45, 2.75) is 39.2 Å². The van der Waals surface area contributed by atoms with Crippen molar-refractivity contribution in [1.82, 2.24) is 10.2 Å². The van der Waals surface area contributed by atoms with Gasteiger partial charge in [0.2, 0.25) is 0 Å². The minimum Gasteiger partial charge on any atom is -0.469 e. The molecule has 1 aliphatic rings. The molecule has 1 aliphatic heterocycles. The van der Waals surface area contributed by atoms with E-state index >= 15 is 0 Å². The van der Waals surface area contributed by atoms with Crippen molar-refractivity contribution in [1.29, 1.82) is 0 Å². The maximum Gasteiger partial charge on any atom is 0.306 e. The zero-order valence-electron chi connectivity index (χ0n) is 11.8. The zero-order chi connectivity index (χ0) is 12.7. The number of carbonyl (C=O) groups is 1. The predicted molar refractivity (Wildman–Crippen MR) is 76.2 cm³/mol. The van der Waals surface area contributed by atoms with Gasteiger partial charge in [-0.25, -0.2) is 0 Å². The molecule has 1 unspecified atom stereocenters. The van der Waals surface area contributed by atoms with Crippen molar-refractivity contribution in [3.63, 3.8) is 0 Å². The van der Waals surface area contributed by atoms with Gasteiger partial charge in [-0.2, -0.15) is 0 Å². The number of esters is 1. The maximum absolute atomic E-state index is 11.2. The summed E-state index contributed by atoms with van der Waals surface area (Å²) in [5.41, 5.74) is 0. The average Bonchev–Trinajstić information content (AvgIpc) is 2.34. The normalized spacial score (nSPS) is 19.7. The molecule has 0 aromatic carbocycles. The van der Waals surface area contributed by atoms with Gasteiger partial charge in [-0.1, -0.05) is 0 Å². The molecular weight excluding hydrogens is 252 g/mol. The molecule has 5 heteroatoms. The van der Waals surface area contributed by atoms with Crippen LogP contribution in [0.5, 0.6) is 0 Å². The summed E-state index contributed by atoms with van der Waals surface area (Å²) in [5.74, 6) is 0.612. The third-order valence-electron chi connectivity index (χ3n) is 3.45. The fourth-order valence-corrected chi connectivity index (χ4v) is 2.31. The summed E-state index contributed by atoms with van der Waals surface area (Å²) in [6.07, 6.45) is 3.07. The Bertz CT molecular complexity index is 231. The predicted octanol–water partition coefficient (Wildman–Crippen LogP) is 1.68. The molecule has 1 rings (SSSR count). The fraction of sp³-hybridized carbons (Fsp3) is 0.923. The Kier molecular flexibility index (Phi) is 9.42. The number of hydrogen-bond donors (Lipinski definition) is 1. The van der Waals surface area contributed by atoms with Gasteiger partial charge in [-0.05, 0) is 45.7 Å². The highest BCUT2D eigenvalue weighted by Gasteiger charge is 2.19. The van der Waals surface area contributed by atoms with Crippen LogP contribution >= 0.6 is 12.4 Å². The van der Waals surface area contributed by atoms with Gasteiger partial charge < -0.3 is 15.0 Å². The van der Waals surface area contributed by atoms with Crippen molar-refractivity contribution in [3.05, 3.63) is 0 Å². The summed E-state index contributed by atoms with van der Waals surface area (Å²) < 4.78 is 4.69. The van der Waals surface area contributed by atoms with Crippen LogP contribution in [0.15, 0.2) is 0 Å². The van der Waals surface area contributed by atoms with E-state index in [2.05, 4.69) is 24.1 Å². The quantitative estimate of drug-likeness (QED) is 0.751. The lowest BCUT2D eigenvalue weighted by Gasteiger charge is -2.32. The van der Waals surface area contributed by atoms with Crippen molar-refractivity contribution in [2.75, 3.05) is 33.3 Å². The number of nitrogens with zero attached hydrogens (tertiary/aromatic N) is 1. The average molecular weight is 279 g/mol. The number of carbonyl (C=O) groups excluding carboxylic acids is 1. The minimum absolute atomic E-state index is 0. The minimum atomic E-state index is -0.114. The summed E-state index contributed by atoms with van der Waals surface area (Å²) in [5, 5.41) is 3.44. The Hall–Kier alpha value is -0.320. The van der Waals surface area contributed by atoms with Crippen molar-refractivity contribution < 1.29 is 9.53 Å². The maximum atomic E-state index is 11.2. The Balaban J connectivity index is 0.00000289. The van der Waals surface area contributed by atoms with Gasteiger partial charge >= 0.3 is 5.97 Å². The van der Waals surface area contributed by atoms with Crippen LogP contribution in [0.25, 0.3) is 0 Å². The molecule has 4 nitrogen and oxygen atoms in total. The molecule has 0 aliphatic carbocycles. The van der Waals surface area contributed by atoms with E-state index < -0.39 is 0 Å². The highest BCUT2D eigenvalue weighted by atomic mass is 35.5. The molecule has 0 amide bonds. The SMILES string of the molecule is COC(=O)CCN(CC1CCCNC1)C(C)C.Cl. The summed E-state index contributed by atoms with van der Waals surface area (Å²) >= 11 is 0. The van der Waals surface area contributed by atoms with E-state index in [0.29, 0.717) is 12.5 Å². The molecule has 1 N–H and O–H groups in total. The van der Waals surface area contributed by atoms with E-state index in [4.69, 9.17) is 4.74 Å². The van der Waals surface area contributed by atoms with Crippen LogP contribution in [0, 0.1) is 5.92 Å². The van der Waals surface area contributed by atoms with Gasteiger partial charge in [0.25, 0.3) is 0 Å². The van der Waals surface area contributed by atoms with E-state index in [1.54, 1.807) is 0 Å². The van der Waals surface area contributed by atoms with Gasteiger partial charge in [-0.3, -0.25) is 4.79 Å². The molecule has 1 atom stereocenters. The number of rotatable bonds is 6. The molecule has 0 aromatic rings. The lowest BCUT2D eigenvalue weighted by Crippen LogP contribution is -2.42. The third-order valence-corrected chi connectivity index (χ3v) is 3.45. The van der Waals surface area contributed by atoms with Crippen molar-refractivity contribution >= 4 is 18.4 Å². The first-order chi connectivity index (χ1) is 8.13. The summed E-state index contributed by atoms with van der Waals surface area (Å²) in [4.78, 5) is 13.6. The molecule has 0 radical (unpaired) electrons. The van der Waals surface area contributed by atoms with E-state index in [1.165, 1.54) is 20.0 Å². The molecule has 1 saturated heterocycles. The van der Waals surface area contributed by atoms with Crippen LogP contribution in [-0.2, 0) is 9.53 Å². The van der Waals surface area contributed by atoms with E-state index in [9.17, 15) is 4.79 Å². The van der Waals surface area contributed by atoms with E-state index in [1.807, 2.05) is 0 Å². The number of hydrogen-bond acceptors (Lipinski definition) is 4. The van der Waals surface area contributed by atoms with Gasteiger partial charge in [0.1, 0.15) is 0 Å². The monoisotopic (exact) mass is 278 g/mol. The van der Waals surface area contributed by atoms with Crippen LogP contribution in [0.1, 0.15) is 33.1 Å². The number of ether oxygens (including phenoxy) is 1. The topological polar surface area (TPSA) is 41.6 Å². The van der Waals surface area contributed by atoms with Gasteiger partial charge in [-0.15, -0.1) is 12.4 Å². The lowest BCUT2D eigenvalue weighted by molar-refractivity contribution is -0.141. The Labute approximate surface area is 117 Å². The van der Waals surface area contributed by atoms with Crippen LogP contribution in [0.3, 0.4) is 0 Å². The molecular formula is C13H27ClN2O2. The molecule has 0 saturated carbocycles. The molecule has 1 fully saturated rings. The molecule has 0 bridgehead atoms. The Morgan fingerprint density at radius 1 is 1.50 bits per heavy atom. The molecule has 0 spiro atoms. The number of nitrogens with one attached hydrogen (secondary N) is 1. The Morgan fingerprint density at radius 3 is 2.72 bits per heavy atom. The highest BCUT2D eigenvalue weighted by molar-refractivity contribution is 5.85. The summed E-state index contributed by atoms with van der Waals surface area (Å²) in [7, 11) is 1.45. The van der Waals surface area contributed by atoms with Crippen LogP contribution in [0.4, 0.5) is 0 Å². The number of methoxy groups -OCH3 is 1. The smallest absolute Gasteiger partial charge is 0.306 e. The van der Waals surface area contributed by atoms with E-state index in [-0.39, 0.29) is 18.4 Å². The largest absolute Gasteiger partial charge is 0.469 e. The van der Waals surface area contributed by atoms with Crippen molar-refractivity contribution in [3.8, 4) is 0 Å². The zero-order valence-corrected chi connectivity index (χ0v) is 12.6. The van der Waals surface area contributed by atoms with Gasteiger partial charge in [0.05, 0.1) is 13.5 Å². The first-order valence-electron chi connectivity index (χ1n) is 6.65. The number of halogens is 1. The Morgan fingerprint density at radius 2 is 2.22 bits per heavy atom. The molecule has 0 aromatic heterocycles. The molecule has 108 valence electrons. The summed E-state index contributed by atoms with van der Waals surface area (Å²) in [6.45, 7) is 8.53. The van der Waals surface area contributed by atoms with Gasteiger partial charge in [0.15, 0.2) is 0 Å². The fourth-order valence-electron chi connectivity index (χ4n) is 2.31. The lowest BCUT2D eigenvalue weighted by atomic mass is 9.98. The molecule has 1 heterocycles. The summed E-state index contributed by atoms with van der Waals surface area (Å²) in [6, 6.07) is 0.488. The van der Waals surface area contributed by atoms with Crippen LogP contribution in [-0.4, -0.2) is 50.2 Å². The van der Waals surface area contributed by atoms with Crippen molar-refractivity contribution in [2.24, 2.45) is 5.92 Å². The second-order valence-corrected chi connectivity index (χ2v) is 5.13. The van der Waals surface area contributed by atoms with Crippen LogP contribution in [0.2, 0.25) is 0 Å². The van der Waals surface area contributed by atoms with Crippen LogP contribution < -0.4 is 5.32 Å².